The maximum atomic E-state index is 14.6. The first-order chi connectivity index (χ1) is 18.1. The fraction of sp³-hybridized carbons (Fsp3) is 0.0769. The number of furan rings is 1. The maximum absolute atomic E-state index is 14.6. The molecule has 0 bridgehead atoms. The monoisotopic (exact) mass is 536 g/mol. The third-order valence-corrected chi connectivity index (χ3v) is 7.16. The second-order valence-corrected chi connectivity index (χ2v) is 9.94. The molecule has 12 heteroatoms. The fourth-order valence-corrected chi connectivity index (χ4v) is 4.88. The van der Waals surface area contributed by atoms with Crippen molar-refractivity contribution in [2.45, 2.75) is 11.8 Å². The molecule has 10 nitrogen and oxygen atoms in total. The van der Waals surface area contributed by atoms with Gasteiger partial charge in [-0.15, -0.1) is 0 Å². The van der Waals surface area contributed by atoms with Gasteiger partial charge < -0.3 is 4.42 Å². The van der Waals surface area contributed by atoms with Crippen molar-refractivity contribution in [2.24, 2.45) is 5.10 Å². The van der Waals surface area contributed by atoms with E-state index in [1.165, 1.54) is 60.8 Å². The Labute approximate surface area is 217 Å². The van der Waals surface area contributed by atoms with Crippen molar-refractivity contribution in [2.75, 3.05) is 10.8 Å². The highest BCUT2D eigenvalue weighted by atomic mass is 32.2. The van der Waals surface area contributed by atoms with Gasteiger partial charge in [0.25, 0.3) is 21.6 Å². The number of non-ortho nitro benzene ring substituents is 1. The van der Waals surface area contributed by atoms with E-state index in [-0.39, 0.29) is 22.0 Å². The Kier molecular flexibility index (Phi) is 7.63. The topological polar surface area (TPSA) is 135 Å². The molecule has 0 unspecified atom stereocenters. The van der Waals surface area contributed by atoms with E-state index in [0.29, 0.717) is 15.6 Å². The van der Waals surface area contributed by atoms with Crippen LogP contribution in [-0.4, -0.2) is 32.0 Å². The number of halogens is 1. The summed E-state index contributed by atoms with van der Waals surface area (Å²) in [5.74, 6) is -0.948. The number of anilines is 1. The minimum absolute atomic E-state index is 0.0568. The Morgan fingerprint density at radius 1 is 1.05 bits per heavy atom. The normalized spacial score (nSPS) is 11.4. The van der Waals surface area contributed by atoms with Crippen molar-refractivity contribution < 1.29 is 26.9 Å². The number of hydrogen-bond acceptors (Lipinski definition) is 7. The number of carbonyl (C=O) groups excluding carboxylic acids is 1. The number of nitrogens with zero attached hydrogens (tertiary/aromatic N) is 3. The highest BCUT2D eigenvalue weighted by molar-refractivity contribution is 7.92. The Balaban J connectivity index is 1.49. The first-order valence-corrected chi connectivity index (χ1v) is 12.6. The molecule has 3 aromatic carbocycles. The molecular formula is C26H21FN4O6S. The van der Waals surface area contributed by atoms with E-state index >= 15 is 0 Å². The molecule has 0 radical (unpaired) electrons. The summed E-state index contributed by atoms with van der Waals surface area (Å²) in [6.07, 6.45) is 1.20. The first kappa shape index (κ1) is 26.2. The van der Waals surface area contributed by atoms with E-state index in [1.807, 2.05) is 0 Å². The molecule has 0 saturated heterocycles. The summed E-state index contributed by atoms with van der Waals surface area (Å²) in [5.41, 5.74) is 3.31. The number of nitro benzene ring substituents is 1. The second-order valence-electron chi connectivity index (χ2n) is 8.08. The molecular weight excluding hydrogens is 515 g/mol. The smallest absolute Gasteiger partial charge is 0.269 e. The van der Waals surface area contributed by atoms with Crippen LogP contribution in [0.4, 0.5) is 15.8 Å². The van der Waals surface area contributed by atoms with Crippen molar-refractivity contribution in [3.8, 4) is 11.3 Å². The van der Waals surface area contributed by atoms with Crippen LogP contribution in [-0.2, 0) is 14.8 Å². The zero-order chi connectivity index (χ0) is 27.3. The predicted octanol–water partition coefficient (Wildman–Crippen LogP) is 4.65. The Bertz CT molecular complexity index is 1600. The number of benzene rings is 3. The molecule has 0 atom stereocenters. The van der Waals surface area contributed by atoms with Gasteiger partial charge in [-0.2, -0.15) is 5.10 Å². The van der Waals surface area contributed by atoms with Gasteiger partial charge in [0.05, 0.1) is 21.7 Å². The molecule has 4 rings (SSSR count). The third-order valence-electron chi connectivity index (χ3n) is 5.39. The lowest BCUT2D eigenvalue weighted by molar-refractivity contribution is -0.384. The quantitative estimate of drug-likeness (QED) is 0.188. The van der Waals surface area contributed by atoms with Crippen LogP contribution in [0.15, 0.2) is 99.3 Å². The molecule has 0 spiro atoms. The lowest BCUT2D eigenvalue weighted by atomic mass is 10.1. The number of para-hydroxylation sites is 1. The average Bonchev–Trinajstić information content (AvgIpc) is 3.37. The van der Waals surface area contributed by atoms with Gasteiger partial charge in [0, 0.05) is 17.7 Å². The molecule has 1 heterocycles. The summed E-state index contributed by atoms with van der Waals surface area (Å²) in [6.45, 7) is 1.06. The molecule has 4 aromatic rings. The van der Waals surface area contributed by atoms with Crippen molar-refractivity contribution in [1.82, 2.24) is 5.43 Å². The summed E-state index contributed by atoms with van der Waals surface area (Å²) < 4.78 is 47.5. The van der Waals surface area contributed by atoms with Crippen molar-refractivity contribution >= 4 is 33.5 Å². The van der Waals surface area contributed by atoms with Crippen LogP contribution in [0.5, 0.6) is 0 Å². The zero-order valence-corrected chi connectivity index (χ0v) is 20.8. The average molecular weight is 537 g/mol. The van der Waals surface area contributed by atoms with Crippen LogP contribution >= 0.6 is 0 Å². The van der Waals surface area contributed by atoms with Crippen molar-refractivity contribution in [3.05, 3.63) is 112 Å². The first-order valence-electron chi connectivity index (χ1n) is 11.2. The van der Waals surface area contributed by atoms with Crippen LogP contribution in [0.3, 0.4) is 0 Å². The van der Waals surface area contributed by atoms with Crippen LogP contribution < -0.4 is 9.73 Å². The number of hydrogen-bond donors (Lipinski definition) is 1. The summed E-state index contributed by atoms with van der Waals surface area (Å²) >= 11 is 0. The maximum Gasteiger partial charge on any atom is 0.269 e. The van der Waals surface area contributed by atoms with Crippen molar-refractivity contribution in [3.63, 3.8) is 0 Å². The van der Waals surface area contributed by atoms with E-state index < -0.39 is 33.2 Å². The molecule has 1 N–H and O–H groups in total. The van der Waals surface area contributed by atoms with Gasteiger partial charge in [-0.3, -0.25) is 19.2 Å². The van der Waals surface area contributed by atoms with Crippen LogP contribution in [0, 0.1) is 22.9 Å². The zero-order valence-electron chi connectivity index (χ0n) is 19.9. The van der Waals surface area contributed by atoms with Crippen LogP contribution in [0.1, 0.15) is 11.3 Å². The van der Waals surface area contributed by atoms with Crippen LogP contribution in [0.25, 0.3) is 11.3 Å². The van der Waals surface area contributed by atoms with E-state index in [2.05, 4.69) is 10.5 Å². The second kappa shape index (κ2) is 11.0. The van der Waals surface area contributed by atoms with Gasteiger partial charge in [0.1, 0.15) is 23.9 Å². The van der Waals surface area contributed by atoms with E-state index in [1.54, 1.807) is 31.2 Å². The van der Waals surface area contributed by atoms with Gasteiger partial charge in [0.15, 0.2) is 0 Å². The summed E-state index contributed by atoms with van der Waals surface area (Å²) in [4.78, 5) is 22.8. The van der Waals surface area contributed by atoms with E-state index in [9.17, 15) is 27.7 Å². The Hall–Kier alpha value is -4.84. The summed E-state index contributed by atoms with van der Waals surface area (Å²) in [5, 5.41) is 14.6. The SMILES string of the molecule is Cc1ccc(S(=O)(=O)N(CC(=O)N/N=C\c2ccc(-c3ccc([N+](=O)[O-])cc3)o2)c2ccccc2F)cc1. The van der Waals surface area contributed by atoms with E-state index in [4.69, 9.17) is 4.42 Å². The number of aryl methyl sites for hydroxylation is 1. The number of carbonyl (C=O) groups is 1. The van der Waals surface area contributed by atoms with Crippen molar-refractivity contribution in [1.29, 1.82) is 0 Å². The number of nitrogens with one attached hydrogen (secondary N) is 1. The largest absolute Gasteiger partial charge is 0.455 e. The third kappa shape index (κ3) is 5.93. The molecule has 0 saturated carbocycles. The van der Waals surface area contributed by atoms with E-state index in [0.717, 1.165) is 11.6 Å². The molecule has 0 aliphatic heterocycles. The number of amides is 1. The Morgan fingerprint density at radius 2 is 1.74 bits per heavy atom. The fourth-order valence-electron chi connectivity index (χ4n) is 3.45. The molecule has 0 aliphatic rings. The molecule has 0 fully saturated rings. The highest BCUT2D eigenvalue weighted by Gasteiger charge is 2.29. The van der Waals surface area contributed by atoms with Gasteiger partial charge in [-0.25, -0.2) is 18.2 Å². The lowest BCUT2D eigenvalue weighted by Crippen LogP contribution is -2.40. The van der Waals surface area contributed by atoms with Gasteiger partial charge in [0.2, 0.25) is 0 Å². The summed E-state index contributed by atoms with van der Waals surface area (Å²) in [6, 6.07) is 20.2. The molecule has 194 valence electrons. The standard InChI is InChI=1S/C26H21FN4O6S/c1-18-6-13-22(14-7-18)38(35,36)30(24-5-3-2-4-23(24)27)17-26(32)29-28-16-21-12-15-25(37-21)19-8-10-20(11-9-19)31(33)34/h2-16H,17H2,1H3,(H,29,32)/b28-16-. The minimum Gasteiger partial charge on any atom is -0.455 e. The number of sulfonamides is 1. The number of nitro groups is 1. The van der Waals surface area contributed by atoms with Gasteiger partial charge in [-0.1, -0.05) is 29.8 Å². The lowest BCUT2D eigenvalue weighted by Gasteiger charge is -2.24. The Morgan fingerprint density at radius 3 is 2.39 bits per heavy atom. The number of rotatable bonds is 9. The van der Waals surface area contributed by atoms with Crippen LogP contribution in [0.2, 0.25) is 0 Å². The summed E-state index contributed by atoms with van der Waals surface area (Å²) in [7, 11) is -4.28. The van der Waals surface area contributed by atoms with Gasteiger partial charge in [-0.05, 0) is 55.5 Å². The molecule has 0 aliphatic carbocycles. The molecule has 38 heavy (non-hydrogen) atoms. The number of hydrazone groups is 1. The van der Waals surface area contributed by atoms with Gasteiger partial charge >= 0.3 is 0 Å². The molecule has 1 aromatic heterocycles. The minimum atomic E-state index is -4.28. The predicted molar refractivity (Wildman–Crippen MR) is 139 cm³/mol. The molecule has 1 amide bonds. The highest BCUT2D eigenvalue weighted by Crippen LogP contribution is 2.27.